The van der Waals surface area contributed by atoms with Gasteiger partial charge in [-0.25, -0.2) is 0 Å². The van der Waals surface area contributed by atoms with E-state index in [2.05, 4.69) is 27.7 Å². The van der Waals surface area contributed by atoms with Crippen molar-refractivity contribution >= 4 is 10.2 Å². The molecule has 0 amide bonds. The number of rotatable bonds is 13. The Kier molecular flexibility index (Phi) is 11.4. The number of nitrogens with zero attached hydrogens (tertiary/aromatic N) is 1. The Hall–Kier alpha value is -0.130. The summed E-state index contributed by atoms with van der Waals surface area (Å²) in [5.74, 6) is 0.766. The lowest BCUT2D eigenvalue weighted by Crippen LogP contribution is -2.39. The highest BCUT2D eigenvalue weighted by Crippen LogP contribution is 2.20. The molecule has 1 radical (unpaired) electrons. The standard InChI is InChI=1S/C16H35N2O2S/c1-5-9-11-15(7-3)13-18(21(17,19)20)14-16(8-4)12-10-6-2/h15-17H,5-14H2,1-4H3. The molecule has 0 aliphatic carbocycles. The highest BCUT2D eigenvalue weighted by atomic mass is 32.2. The molecule has 127 valence electrons. The van der Waals surface area contributed by atoms with Crippen LogP contribution in [0.1, 0.15) is 79.1 Å². The van der Waals surface area contributed by atoms with Crippen molar-refractivity contribution in [2.45, 2.75) is 79.1 Å². The SMILES string of the molecule is CCCCC(CC)CN(CC(CC)CCCC)S([NH])(=O)=O. The minimum Gasteiger partial charge on any atom is -0.194 e. The molecule has 2 atom stereocenters. The molecule has 0 heterocycles. The van der Waals surface area contributed by atoms with E-state index in [-0.39, 0.29) is 0 Å². The van der Waals surface area contributed by atoms with Crippen molar-refractivity contribution in [3.63, 3.8) is 0 Å². The third-order valence-electron chi connectivity index (χ3n) is 4.35. The van der Waals surface area contributed by atoms with Gasteiger partial charge in [0.25, 0.3) is 10.2 Å². The first-order valence-corrected chi connectivity index (χ1v) is 10.1. The van der Waals surface area contributed by atoms with Gasteiger partial charge in [0, 0.05) is 13.1 Å². The fraction of sp³-hybridized carbons (Fsp3) is 1.00. The Bertz CT molecular complexity index is 326. The first kappa shape index (κ1) is 20.9. The Morgan fingerprint density at radius 2 is 1.24 bits per heavy atom. The molecule has 0 saturated heterocycles. The van der Waals surface area contributed by atoms with Crippen molar-refractivity contribution in [3.05, 3.63) is 0 Å². The van der Waals surface area contributed by atoms with Gasteiger partial charge >= 0.3 is 0 Å². The molecule has 0 aromatic carbocycles. The van der Waals surface area contributed by atoms with E-state index in [1.807, 2.05) is 0 Å². The van der Waals surface area contributed by atoms with Gasteiger partial charge in [0.15, 0.2) is 0 Å². The van der Waals surface area contributed by atoms with Crippen LogP contribution in [0.5, 0.6) is 0 Å². The van der Waals surface area contributed by atoms with Crippen LogP contribution in [0.3, 0.4) is 0 Å². The number of nitrogens with one attached hydrogen (secondary N) is 1. The molecule has 2 unspecified atom stereocenters. The zero-order valence-electron chi connectivity index (χ0n) is 14.4. The van der Waals surface area contributed by atoms with Crippen molar-refractivity contribution in [1.82, 2.24) is 9.44 Å². The summed E-state index contributed by atoms with van der Waals surface area (Å²) in [4.78, 5) is 0. The van der Waals surface area contributed by atoms with Crippen LogP contribution in [-0.2, 0) is 10.2 Å². The van der Waals surface area contributed by atoms with Crippen LogP contribution >= 0.6 is 0 Å². The van der Waals surface area contributed by atoms with E-state index in [0.717, 1.165) is 51.4 Å². The molecule has 5 heteroatoms. The van der Waals surface area contributed by atoms with Crippen LogP contribution in [0.25, 0.3) is 0 Å². The summed E-state index contributed by atoms with van der Waals surface area (Å²) in [5, 5.41) is 7.48. The molecular weight excluding hydrogens is 284 g/mol. The maximum absolute atomic E-state index is 11.8. The van der Waals surface area contributed by atoms with Crippen molar-refractivity contribution < 1.29 is 8.42 Å². The van der Waals surface area contributed by atoms with E-state index in [4.69, 9.17) is 5.14 Å². The topological polar surface area (TPSA) is 61.2 Å². The minimum absolute atomic E-state index is 0.383. The maximum atomic E-state index is 11.8. The fourth-order valence-electron chi connectivity index (χ4n) is 2.68. The quantitative estimate of drug-likeness (QED) is 0.509. The first-order valence-electron chi connectivity index (χ1n) is 8.63. The monoisotopic (exact) mass is 319 g/mol. The average Bonchev–Trinajstić information content (AvgIpc) is 2.44. The Labute approximate surface area is 132 Å². The molecule has 0 aromatic rings. The lowest BCUT2D eigenvalue weighted by Gasteiger charge is -2.27. The second-order valence-electron chi connectivity index (χ2n) is 6.16. The van der Waals surface area contributed by atoms with Crippen LogP contribution in [0, 0.1) is 11.8 Å². The summed E-state index contributed by atoms with van der Waals surface area (Å²) in [6, 6.07) is 0. The molecule has 0 rings (SSSR count). The molecule has 0 bridgehead atoms. The van der Waals surface area contributed by atoms with Gasteiger partial charge < -0.3 is 0 Å². The van der Waals surface area contributed by atoms with Gasteiger partial charge in [0.05, 0.1) is 0 Å². The summed E-state index contributed by atoms with van der Waals surface area (Å²) < 4.78 is 25.0. The lowest BCUT2D eigenvalue weighted by molar-refractivity contribution is 0.270. The molecule has 4 nitrogen and oxygen atoms in total. The van der Waals surface area contributed by atoms with Gasteiger partial charge in [-0.2, -0.15) is 12.7 Å². The van der Waals surface area contributed by atoms with Crippen molar-refractivity contribution in [3.8, 4) is 0 Å². The third-order valence-corrected chi connectivity index (χ3v) is 5.33. The van der Waals surface area contributed by atoms with Crippen LogP contribution in [0.15, 0.2) is 0 Å². The van der Waals surface area contributed by atoms with E-state index >= 15 is 0 Å². The van der Waals surface area contributed by atoms with Gasteiger partial charge in [0.1, 0.15) is 0 Å². The lowest BCUT2D eigenvalue weighted by atomic mass is 9.97. The maximum Gasteiger partial charge on any atom is 0.293 e. The van der Waals surface area contributed by atoms with E-state index in [1.165, 1.54) is 4.31 Å². The first-order chi connectivity index (χ1) is 9.88. The predicted molar refractivity (Wildman–Crippen MR) is 90.2 cm³/mol. The summed E-state index contributed by atoms with van der Waals surface area (Å²) in [7, 11) is -3.84. The Balaban J connectivity index is 4.71. The van der Waals surface area contributed by atoms with E-state index in [9.17, 15) is 8.42 Å². The second kappa shape index (κ2) is 11.4. The molecule has 0 spiro atoms. The van der Waals surface area contributed by atoms with Gasteiger partial charge in [-0.3, -0.25) is 0 Å². The van der Waals surface area contributed by atoms with Crippen molar-refractivity contribution in [1.29, 1.82) is 0 Å². The third kappa shape index (κ3) is 9.48. The van der Waals surface area contributed by atoms with Crippen LogP contribution in [0.2, 0.25) is 0 Å². The smallest absolute Gasteiger partial charge is 0.194 e. The number of unbranched alkanes of at least 4 members (excludes halogenated alkanes) is 2. The van der Waals surface area contributed by atoms with E-state index < -0.39 is 10.2 Å². The summed E-state index contributed by atoms with van der Waals surface area (Å²) >= 11 is 0. The zero-order chi connectivity index (χ0) is 16.3. The van der Waals surface area contributed by atoms with Gasteiger partial charge in [-0.1, -0.05) is 66.2 Å². The number of hydrogen-bond acceptors (Lipinski definition) is 2. The van der Waals surface area contributed by atoms with Crippen LogP contribution in [0.4, 0.5) is 0 Å². The van der Waals surface area contributed by atoms with Gasteiger partial charge in [-0.05, 0) is 24.7 Å². The largest absolute Gasteiger partial charge is 0.293 e. The highest BCUT2D eigenvalue weighted by Gasteiger charge is 2.24. The molecule has 21 heavy (non-hydrogen) atoms. The highest BCUT2D eigenvalue weighted by molar-refractivity contribution is 7.86. The Morgan fingerprint density at radius 1 is 0.857 bits per heavy atom. The minimum atomic E-state index is -3.84. The van der Waals surface area contributed by atoms with Crippen molar-refractivity contribution in [2.24, 2.45) is 11.8 Å². The van der Waals surface area contributed by atoms with Crippen LogP contribution in [-0.4, -0.2) is 25.8 Å². The fourth-order valence-corrected chi connectivity index (χ4v) is 3.50. The number of hydrogen-bond donors (Lipinski definition) is 0. The molecule has 0 fully saturated rings. The second-order valence-corrected chi connectivity index (χ2v) is 7.62. The van der Waals surface area contributed by atoms with Gasteiger partial charge in [-0.15, -0.1) is 5.14 Å². The molecular formula is C16H35N2O2S. The van der Waals surface area contributed by atoms with Crippen LogP contribution < -0.4 is 5.14 Å². The molecule has 0 aliphatic heterocycles. The van der Waals surface area contributed by atoms with E-state index in [0.29, 0.717) is 24.9 Å². The van der Waals surface area contributed by atoms with Crippen molar-refractivity contribution in [2.75, 3.05) is 13.1 Å². The summed E-state index contributed by atoms with van der Waals surface area (Å²) in [5.41, 5.74) is 0. The summed E-state index contributed by atoms with van der Waals surface area (Å²) in [6.45, 7) is 9.58. The molecule has 0 aliphatic rings. The normalized spacial score (nSPS) is 15.3. The predicted octanol–water partition coefficient (Wildman–Crippen LogP) is 4.25. The van der Waals surface area contributed by atoms with E-state index in [1.54, 1.807) is 0 Å². The summed E-state index contributed by atoms with van der Waals surface area (Å²) in [6.07, 6.45) is 8.64. The van der Waals surface area contributed by atoms with Gasteiger partial charge in [0.2, 0.25) is 0 Å². The zero-order valence-corrected chi connectivity index (χ0v) is 15.2. The average molecular weight is 320 g/mol. The molecule has 0 saturated carbocycles. The Morgan fingerprint density at radius 3 is 1.48 bits per heavy atom. The molecule has 1 N–H and O–H groups in total. The molecule has 0 aromatic heterocycles.